The number of amides is 2. The van der Waals surface area contributed by atoms with Crippen LogP contribution in [-0.2, 0) is 9.59 Å². The van der Waals surface area contributed by atoms with E-state index >= 15 is 0 Å². The maximum atomic E-state index is 12.8. The van der Waals surface area contributed by atoms with Gasteiger partial charge in [-0.15, -0.1) is 13.2 Å². The van der Waals surface area contributed by atoms with Gasteiger partial charge >= 0.3 is 6.36 Å². The van der Waals surface area contributed by atoms with E-state index in [4.69, 9.17) is 11.6 Å². The summed E-state index contributed by atoms with van der Waals surface area (Å²) in [6.45, 7) is 3.78. The second-order valence-corrected chi connectivity index (χ2v) is 6.35. The predicted octanol–water partition coefficient (Wildman–Crippen LogP) is 4.73. The van der Waals surface area contributed by atoms with Crippen LogP contribution >= 0.6 is 11.6 Å². The molecule has 0 unspecified atom stereocenters. The molecular weight excluding hydrogens is 383 g/mol. The topological polar surface area (TPSA) is 46.6 Å². The highest BCUT2D eigenvalue weighted by Gasteiger charge is 2.39. The molecule has 4 nitrogen and oxygen atoms in total. The maximum Gasteiger partial charge on any atom is 0.573 e. The van der Waals surface area contributed by atoms with Gasteiger partial charge in [0.05, 0.1) is 11.3 Å². The molecule has 2 aromatic rings. The lowest BCUT2D eigenvalue weighted by molar-refractivity contribution is -0.274. The lowest BCUT2D eigenvalue weighted by Crippen LogP contribution is -2.31. The Morgan fingerprint density at radius 2 is 1.56 bits per heavy atom. The molecule has 27 heavy (non-hydrogen) atoms. The van der Waals surface area contributed by atoms with Crippen LogP contribution in [0.5, 0.6) is 5.75 Å². The zero-order valence-electron chi connectivity index (χ0n) is 14.2. The van der Waals surface area contributed by atoms with Crippen molar-refractivity contribution in [2.24, 2.45) is 0 Å². The van der Waals surface area contributed by atoms with Crippen LogP contribution in [0.1, 0.15) is 16.7 Å². The molecule has 0 N–H and O–H groups in total. The Bertz CT molecular complexity index is 965. The fraction of sp³-hybridized carbons (Fsp3) is 0.158. The summed E-state index contributed by atoms with van der Waals surface area (Å²) in [6.07, 6.45) is -4.83. The third-order valence-corrected chi connectivity index (χ3v) is 4.50. The van der Waals surface area contributed by atoms with E-state index in [0.717, 1.165) is 28.2 Å². The van der Waals surface area contributed by atoms with Crippen molar-refractivity contribution in [2.75, 3.05) is 4.90 Å². The van der Waals surface area contributed by atoms with Crippen LogP contribution in [0.2, 0.25) is 0 Å². The van der Waals surface area contributed by atoms with Crippen molar-refractivity contribution in [1.82, 2.24) is 0 Å². The number of nitrogens with zero attached hydrogens (tertiary/aromatic N) is 1. The number of halogens is 4. The summed E-state index contributed by atoms with van der Waals surface area (Å²) in [4.78, 5) is 26.1. The van der Waals surface area contributed by atoms with E-state index in [1.54, 1.807) is 12.1 Å². The first-order valence-corrected chi connectivity index (χ1v) is 8.18. The van der Waals surface area contributed by atoms with Crippen molar-refractivity contribution < 1.29 is 27.5 Å². The Labute approximate surface area is 157 Å². The summed E-state index contributed by atoms with van der Waals surface area (Å²) in [5.41, 5.74) is 2.60. The van der Waals surface area contributed by atoms with Gasteiger partial charge in [0.2, 0.25) is 0 Å². The lowest BCUT2D eigenvalue weighted by atomic mass is 10.0. The van der Waals surface area contributed by atoms with Crippen molar-refractivity contribution in [3.8, 4) is 5.75 Å². The smallest absolute Gasteiger partial charge is 0.406 e. The summed E-state index contributed by atoms with van der Waals surface area (Å²) in [6, 6.07) is 9.66. The van der Waals surface area contributed by atoms with Crippen molar-refractivity contribution in [2.45, 2.75) is 20.2 Å². The number of carbonyl (C=O) groups excluding carboxylic acids is 2. The van der Waals surface area contributed by atoms with E-state index in [-0.39, 0.29) is 16.3 Å². The van der Waals surface area contributed by atoms with Gasteiger partial charge in [-0.3, -0.25) is 9.59 Å². The molecule has 0 bridgehead atoms. The second kappa shape index (κ2) is 6.74. The van der Waals surface area contributed by atoms with Gasteiger partial charge in [0, 0.05) is 0 Å². The number of anilines is 1. The molecule has 0 aliphatic carbocycles. The third kappa shape index (κ3) is 3.68. The molecular formula is C19H13ClF3NO3. The molecule has 0 atom stereocenters. The van der Waals surface area contributed by atoms with E-state index < -0.39 is 23.9 Å². The fourth-order valence-corrected chi connectivity index (χ4v) is 2.96. The summed E-state index contributed by atoms with van der Waals surface area (Å²) in [5, 5.41) is -0.237. The van der Waals surface area contributed by atoms with E-state index in [1.807, 2.05) is 19.9 Å². The maximum absolute atomic E-state index is 12.8. The Morgan fingerprint density at radius 3 is 2.11 bits per heavy atom. The predicted molar refractivity (Wildman–Crippen MR) is 94.3 cm³/mol. The van der Waals surface area contributed by atoms with Gasteiger partial charge in [0.25, 0.3) is 11.8 Å². The molecule has 0 radical (unpaired) electrons. The van der Waals surface area contributed by atoms with Crippen LogP contribution in [0, 0.1) is 13.8 Å². The number of benzene rings is 2. The number of rotatable bonds is 3. The summed E-state index contributed by atoms with van der Waals surface area (Å²) < 4.78 is 40.5. The van der Waals surface area contributed by atoms with Crippen molar-refractivity contribution in [1.29, 1.82) is 0 Å². The van der Waals surface area contributed by atoms with Crippen LogP contribution in [-0.4, -0.2) is 18.2 Å². The molecule has 0 aromatic heterocycles. The Kier molecular flexibility index (Phi) is 4.73. The van der Waals surface area contributed by atoms with Crippen molar-refractivity contribution in [3.63, 3.8) is 0 Å². The van der Waals surface area contributed by atoms with Crippen LogP contribution in [0.15, 0.2) is 47.5 Å². The standard InChI is InChI=1S/C19H13ClF3NO3/c1-10-3-4-12(9-11(10)2)15-16(20)18(26)24(17(15)25)13-5-7-14(8-6-13)27-19(21,22)23/h3-9H,1-2H3. The normalized spacial score (nSPS) is 15.0. The molecule has 0 spiro atoms. The molecule has 1 aliphatic rings. The van der Waals surface area contributed by atoms with Gasteiger partial charge in [0.1, 0.15) is 10.8 Å². The Balaban J connectivity index is 1.92. The molecule has 1 aliphatic heterocycles. The van der Waals surface area contributed by atoms with Crippen LogP contribution in [0.4, 0.5) is 18.9 Å². The highest BCUT2D eigenvalue weighted by Crippen LogP contribution is 2.36. The van der Waals surface area contributed by atoms with E-state index in [2.05, 4.69) is 4.74 Å². The van der Waals surface area contributed by atoms with Gasteiger partial charge in [-0.05, 0) is 54.8 Å². The largest absolute Gasteiger partial charge is 0.573 e. The van der Waals surface area contributed by atoms with E-state index in [0.29, 0.717) is 5.56 Å². The molecule has 0 fully saturated rings. The second-order valence-electron chi connectivity index (χ2n) is 5.98. The minimum absolute atomic E-state index is 0.0559. The zero-order valence-corrected chi connectivity index (χ0v) is 15.0. The first-order valence-electron chi connectivity index (χ1n) is 7.80. The van der Waals surface area contributed by atoms with Gasteiger partial charge in [-0.1, -0.05) is 29.8 Å². The third-order valence-electron chi connectivity index (χ3n) is 4.15. The first kappa shape index (κ1) is 19.0. The highest BCUT2D eigenvalue weighted by molar-refractivity contribution is 6.60. The molecule has 0 saturated carbocycles. The number of alkyl halides is 3. The molecule has 2 amide bonds. The molecule has 3 rings (SSSR count). The number of hydrogen-bond donors (Lipinski definition) is 0. The average molecular weight is 396 g/mol. The van der Waals surface area contributed by atoms with Gasteiger partial charge in [-0.2, -0.15) is 0 Å². The Morgan fingerprint density at radius 1 is 0.926 bits per heavy atom. The van der Waals surface area contributed by atoms with E-state index in [1.165, 1.54) is 12.1 Å². The quantitative estimate of drug-likeness (QED) is 0.706. The summed E-state index contributed by atoms with van der Waals surface area (Å²) >= 11 is 6.11. The average Bonchev–Trinajstić information content (AvgIpc) is 2.80. The summed E-state index contributed by atoms with van der Waals surface area (Å²) in [5.74, 6) is -1.84. The number of aryl methyl sites for hydroxylation is 2. The molecule has 1 heterocycles. The molecule has 8 heteroatoms. The molecule has 140 valence electrons. The molecule has 2 aromatic carbocycles. The van der Waals surface area contributed by atoms with Crippen molar-refractivity contribution in [3.05, 3.63) is 64.2 Å². The SMILES string of the molecule is Cc1ccc(C2=C(Cl)C(=O)N(c3ccc(OC(F)(F)F)cc3)C2=O)cc1C. The Hall–Kier alpha value is -2.80. The minimum atomic E-state index is -4.83. The van der Waals surface area contributed by atoms with Crippen LogP contribution < -0.4 is 9.64 Å². The van der Waals surface area contributed by atoms with Gasteiger partial charge < -0.3 is 4.74 Å². The first-order chi connectivity index (χ1) is 12.6. The number of hydrogen-bond acceptors (Lipinski definition) is 3. The zero-order chi connectivity index (χ0) is 19.9. The van der Waals surface area contributed by atoms with Crippen LogP contribution in [0.25, 0.3) is 5.57 Å². The monoisotopic (exact) mass is 395 g/mol. The number of carbonyl (C=O) groups is 2. The summed E-state index contributed by atoms with van der Waals surface area (Å²) in [7, 11) is 0. The van der Waals surface area contributed by atoms with Gasteiger partial charge in [-0.25, -0.2) is 4.90 Å². The van der Waals surface area contributed by atoms with Gasteiger partial charge in [0.15, 0.2) is 0 Å². The van der Waals surface area contributed by atoms with E-state index in [9.17, 15) is 22.8 Å². The fourth-order valence-electron chi connectivity index (χ4n) is 2.68. The molecule has 0 saturated heterocycles. The number of ether oxygens (including phenoxy) is 1. The van der Waals surface area contributed by atoms with Crippen LogP contribution in [0.3, 0.4) is 0 Å². The minimum Gasteiger partial charge on any atom is -0.406 e. The number of imide groups is 1. The lowest BCUT2D eigenvalue weighted by Gasteiger charge is -2.16. The van der Waals surface area contributed by atoms with Crippen molar-refractivity contribution >= 4 is 34.7 Å². The highest BCUT2D eigenvalue weighted by atomic mass is 35.5.